The Morgan fingerprint density at radius 1 is 1.27 bits per heavy atom. The number of thiophene rings is 1. The van der Waals surface area contributed by atoms with Crippen LogP contribution in [0.1, 0.15) is 43.8 Å². The maximum absolute atomic E-state index is 12.7. The second-order valence-corrected chi connectivity index (χ2v) is 8.13. The Bertz CT molecular complexity index is 1130. The number of hydrogen-bond donors (Lipinski definition) is 1. The first-order valence-electron chi connectivity index (χ1n) is 9.47. The first kappa shape index (κ1) is 21.5. The standard InChI is InChI=1S/C21H24N4O4S/c1-6-29-21(28)17-13(3)18(20(27)24(4)5)30-19(17)23-16(26)10-14-11-25-8-7-12(2)9-15(25)22-14/h7-9,11H,6,10H2,1-5H3,(H,23,26). The summed E-state index contributed by atoms with van der Waals surface area (Å²) in [6, 6.07) is 3.89. The zero-order chi connectivity index (χ0) is 22.0. The number of carbonyl (C=O) groups is 3. The van der Waals surface area contributed by atoms with Crippen LogP contribution in [-0.4, -0.2) is 52.8 Å². The van der Waals surface area contributed by atoms with Gasteiger partial charge in [0.1, 0.15) is 10.6 Å². The molecule has 0 bridgehead atoms. The average Bonchev–Trinajstić information content (AvgIpc) is 3.20. The first-order chi connectivity index (χ1) is 14.2. The molecule has 0 radical (unpaired) electrons. The monoisotopic (exact) mass is 428 g/mol. The Balaban J connectivity index is 1.87. The molecule has 0 aliphatic heterocycles. The van der Waals surface area contributed by atoms with Crippen molar-refractivity contribution < 1.29 is 19.1 Å². The van der Waals surface area contributed by atoms with E-state index in [1.165, 1.54) is 4.90 Å². The topological polar surface area (TPSA) is 93.0 Å². The average molecular weight is 429 g/mol. The minimum Gasteiger partial charge on any atom is -0.462 e. The fourth-order valence-electron chi connectivity index (χ4n) is 3.01. The molecule has 0 spiro atoms. The van der Waals surface area contributed by atoms with Crippen LogP contribution in [0.2, 0.25) is 0 Å². The molecular weight excluding hydrogens is 404 g/mol. The summed E-state index contributed by atoms with van der Waals surface area (Å²) >= 11 is 1.07. The Labute approximate surface area is 178 Å². The number of fused-ring (bicyclic) bond motifs is 1. The van der Waals surface area contributed by atoms with Crippen LogP contribution < -0.4 is 5.32 Å². The molecule has 3 aromatic heterocycles. The van der Waals surface area contributed by atoms with E-state index >= 15 is 0 Å². The Morgan fingerprint density at radius 2 is 2.00 bits per heavy atom. The zero-order valence-electron chi connectivity index (χ0n) is 17.6. The molecule has 0 atom stereocenters. The van der Waals surface area contributed by atoms with Crippen LogP contribution in [0.3, 0.4) is 0 Å². The van der Waals surface area contributed by atoms with E-state index in [0.717, 1.165) is 22.5 Å². The molecule has 1 N–H and O–H groups in total. The normalized spacial score (nSPS) is 10.8. The molecule has 0 saturated heterocycles. The van der Waals surface area contributed by atoms with E-state index in [-0.39, 0.29) is 30.4 Å². The maximum Gasteiger partial charge on any atom is 0.341 e. The van der Waals surface area contributed by atoms with Crippen LogP contribution >= 0.6 is 11.3 Å². The maximum atomic E-state index is 12.7. The SMILES string of the molecule is CCOC(=O)c1c(NC(=O)Cc2cn3ccc(C)cc3n2)sc(C(=O)N(C)C)c1C. The molecule has 2 amide bonds. The third kappa shape index (κ3) is 4.35. The number of hydrogen-bond acceptors (Lipinski definition) is 6. The summed E-state index contributed by atoms with van der Waals surface area (Å²) in [6.07, 6.45) is 3.72. The third-order valence-electron chi connectivity index (χ3n) is 4.49. The molecule has 158 valence electrons. The minimum absolute atomic E-state index is 0.0386. The van der Waals surface area contributed by atoms with E-state index in [0.29, 0.717) is 21.1 Å². The van der Waals surface area contributed by atoms with Crippen molar-refractivity contribution in [3.8, 4) is 0 Å². The highest BCUT2D eigenvalue weighted by molar-refractivity contribution is 7.18. The predicted octanol–water partition coefficient (Wildman–Crippen LogP) is 3.07. The zero-order valence-corrected chi connectivity index (χ0v) is 18.4. The van der Waals surface area contributed by atoms with Crippen LogP contribution in [0.4, 0.5) is 5.00 Å². The van der Waals surface area contributed by atoms with Gasteiger partial charge in [-0.15, -0.1) is 11.3 Å². The number of aryl methyl sites for hydroxylation is 1. The highest BCUT2D eigenvalue weighted by atomic mass is 32.1. The largest absolute Gasteiger partial charge is 0.462 e. The molecule has 9 heteroatoms. The van der Waals surface area contributed by atoms with E-state index in [2.05, 4.69) is 10.3 Å². The lowest BCUT2D eigenvalue weighted by atomic mass is 10.1. The number of imidazole rings is 1. The van der Waals surface area contributed by atoms with Gasteiger partial charge < -0.3 is 19.4 Å². The van der Waals surface area contributed by atoms with Crippen molar-refractivity contribution in [1.29, 1.82) is 0 Å². The number of nitrogens with one attached hydrogen (secondary N) is 1. The van der Waals surface area contributed by atoms with Gasteiger partial charge in [-0.25, -0.2) is 9.78 Å². The number of amides is 2. The van der Waals surface area contributed by atoms with Crippen LogP contribution in [0.15, 0.2) is 24.5 Å². The summed E-state index contributed by atoms with van der Waals surface area (Å²) in [5.74, 6) is -1.13. The molecule has 3 heterocycles. The van der Waals surface area contributed by atoms with Crippen molar-refractivity contribution in [3.05, 3.63) is 51.8 Å². The molecule has 0 aromatic carbocycles. The molecule has 30 heavy (non-hydrogen) atoms. The van der Waals surface area contributed by atoms with Gasteiger partial charge in [-0.05, 0) is 44.0 Å². The van der Waals surface area contributed by atoms with Crippen molar-refractivity contribution in [1.82, 2.24) is 14.3 Å². The number of pyridine rings is 1. The van der Waals surface area contributed by atoms with Gasteiger partial charge in [-0.3, -0.25) is 9.59 Å². The molecule has 8 nitrogen and oxygen atoms in total. The summed E-state index contributed by atoms with van der Waals surface area (Å²) in [4.78, 5) is 43.9. The van der Waals surface area contributed by atoms with Gasteiger partial charge in [0.05, 0.1) is 29.2 Å². The van der Waals surface area contributed by atoms with Crippen LogP contribution in [-0.2, 0) is 16.0 Å². The fourth-order valence-corrected chi connectivity index (χ4v) is 4.25. The van der Waals surface area contributed by atoms with E-state index in [1.54, 1.807) is 34.1 Å². The molecular formula is C21H24N4O4S. The van der Waals surface area contributed by atoms with Crippen molar-refractivity contribution in [3.63, 3.8) is 0 Å². The Morgan fingerprint density at radius 3 is 2.67 bits per heavy atom. The van der Waals surface area contributed by atoms with E-state index in [1.807, 2.05) is 29.7 Å². The summed E-state index contributed by atoms with van der Waals surface area (Å²) in [5, 5.41) is 3.07. The van der Waals surface area contributed by atoms with Crippen LogP contribution in [0.25, 0.3) is 5.65 Å². The second kappa shape index (κ2) is 8.66. The summed E-state index contributed by atoms with van der Waals surface area (Å²) in [5.41, 5.74) is 3.15. The highest BCUT2D eigenvalue weighted by Gasteiger charge is 2.27. The second-order valence-electron chi connectivity index (χ2n) is 7.11. The number of carbonyl (C=O) groups excluding carboxylic acids is 3. The molecule has 0 saturated carbocycles. The minimum atomic E-state index is -0.567. The van der Waals surface area contributed by atoms with Gasteiger partial charge >= 0.3 is 5.97 Å². The lowest BCUT2D eigenvalue weighted by Gasteiger charge is -2.09. The summed E-state index contributed by atoms with van der Waals surface area (Å²) < 4.78 is 6.98. The lowest BCUT2D eigenvalue weighted by Crippen LogP contribution is -2.21. The molecule has 0 unspecified atom stereocenters. The van der Waals surface area contributed by atoms with Crippen molar-refractivity contribution in [2.75, 3.05) is 26.0 Å². The van der Waals surface area contributed by atoms with Crippen LogP contribution in [0, 0.1) is 13.8 Å². The Hall–Kier alpha value is -3.20. The van der Waals surface area contributed by atoms with E-state index < -0.39 is 5.97 Å². The molecule has 3 rings (SSSR count). The number of nitrogens with zero attached hydrogens (tertiary/aromatic N) is 3. The van der Waals surface area contributed by atoms with Gasteiger partial charge in [0, 0.05) is 26.5 Å². The van der Waals surface area contributed by atoms with Gasteiger partial charge in [-0.1, -0.05) is 0 Å². The molecule has 0 aliphatic rings. The number of aromatic nitrogens is 2. The van der Waals surface area contributed by atoms with E-state index in [9.17, 15) is 14.4 Å². The Kier molecular flexibility index (Phi) is 6.21. The summed E-state index contributed by atoms with van der Waals surface area (Å²) in [7, 11) is 3.27. The van der Waals surface area contributed by atoms with Gasteiger partial charge in [0.2, 0.25) is 5.91 Å². The lowest BCUT2D eigenvalue weighted by molar-refractivity contribution is -0.115. The first-order valence-corrected chi connectivity index (χ1v) is 10.3. The van der Waals surface area contributed by atoms with Gasteiger partial charge in [-0.2, -0.15) is 0 Å². The van der Waals surface area contributed by atoms with Crippen LogP contribution in [0.5, 0.6) is 0 Å². The smallest absolute Gasteiger partial charge is 0.341 e. The molecule has 3 aromatic rings. The van der Waals surface area contributed by atoms with Crippen molar-refractivity contribution >= 4 is 39.8 Å². The quantitative estimate of drug-likeness (QED) is 0.609. The number of esters is 1. The van der Waals surface area contributed by atoms with Gasteiger partial charge in [0.25, 0.3) is 5.91 Å². The summed E-state index contributed by atoms with van der Waals surface area (Å²) in [6.45, 7) is 5.55. The number of anilines is 1. The van der Waals surface area contributed by atoms with Crippen molar-refractivity contribution in [2.24, 2.45) is 0 Å². The number of rotatable bonds is 6. The highest BCUT2D eigenvalue weighted by Crippen LogP contribution is 2.34. The van der Waals surface area contributed by atoms with Gasteiger partial charge in [0.15, 0.2) is 0 Å². The van der Waals surface area contributed by atoms with Crippen molar-refractivity contribution in [2.45, 2.75) is 27.2 Å². The third-order valence-corrected chi connectivity index (χ3v) is 5.68. The number of ether oxygens (including phenoxy) is 1. The molecule has 0 aliphatic carbocycles. The predicted molar refractivity (Wildman–Crippen MR) is 115 cm³/mol. The van der Waals surface area contributed by atoms with E-state index in [4.69, 9.17) is 4.74 Å². The fraction of sp³-hybridized carbons (Fsp3) is 0.333. The molecule has 0 fully saturated rings.